The third-order valence-corrected chi connectivity index (χ3v) is 4.02. The predicted octanol–water partition coefficient (Wildman–Crippen LogP) is 2.36. The van der Waals surface area contributed by atoms with Gasteiger partial charge in [0.15, 0.2) is 0 Å². The van der Waals surface area contributed by atoms with Gasteiger partial charge in [-0.1, -0.05) is 6.92 Å². The average molecular weight is 235 g/mol. The van der Waals surface area contributed by atoms with Crippen molar-refractivity contribution in [3.05, 3.63) is 23.7 Å². The van der Waals surface area contributed by atoms with Crippen LogP contribution in [0.2, 0.25) is 0 Å². The van der Waals surface area contributed by atoms with E-state index in [9.17, 15) is 5.11 Å². The average Bonchev–Trinajstić information content (AvgIpc) is 2.85. The third kappa shape index (κ3) is 2.55. The summed E-state index contributed by atoms with van der Waals surface area (Å²) in [5, 5.41) is 9.62. The largest absolute Gasteiger partial charge is 0.464 e. The summed E-state index contributed by atoms with van der Waals surface area (Å²) in [6.45, 7) is 4.98. The van der Waals surface area contributed by atoms with Crippen molar-refractivity contribution in [1.29, 1.82) is 0 Å². The van der Waals surface area contributed by atoms with Crippen LogP contribution in [-0.2, 0) is 6.54 Å². The van der Waals surface area contributed by atoms with E-state index in [2.05, 4.69) is 24.0 Å². The number of piperidine rings is 1. The van der Waals surface area contributed by atoms with Gasteiger partial charge in [-0.3, -0.25) is 4.90 Å². The monoisotopic (exact) mass is 235 g/mol. The summed E-state index contributed by atoms with van der Waals surface area (Å²) >= 11 is 0. The molecule has 2 fully saturated rings. The predicted molar refractivity (Wildman–Crippen MR) is 65.7 cm³/mol. The van der Waals surface area contributed by atoms with Crippen LogP contribution in [0.3, 0.4) is 0 Å². The van der Waals surface area contributed by atoms with E-state index in [0.717, 1.165) is 49.9 Å². The Labute approximate surface area is 102 Å². The Kier molecular flexibility index (Phi) is 2.97. The molecule has 2 heterocycles. The van der Waals surface area contributed by atoms with Crippen molar-refractivity contribution < 1.29 is 9.52 Å². The standard InChI is InChI=1S/C14H21NO2/c1-10-7-13(10)14-5-4-12(17-14)9-15-6-2-3-11(16)8-15/h4-5,10-11,13,16H,2-3,6-9H2,1H3. The van der Waals surface area contributed by atoms with Crippen molar-refractivity contribution in [1.82, 2.24) is 4.90 Å². The van der Waals surface area contributed by atoms with Crippen molar-refractivity contribution in [3.8, 4) is 0 Å². The molecule has 1 N–H and O–H groups in total. The van der Waals surface area contributed by atoms with Crippen LogP contribution in [-0.4, -0.2) is 29.2 Å². The number of β-amino-alcohol motifs (C(OH)–C–C–N with tert-alkyl or cyclic N) is 1. The Balaban J connectivity index is 1.59. The van der Waals surface area contributed by atoms with Crippen LogP contribution in [0.5, 0.6) is 0 Å². The van der Waals surface area contributed by atoms with Gasteiger partial charge in [0.2, 0.25) is 0 Å². The van der Waals surface area contributed by atoms with Crippen molar-refractivity contribution in [2.75, 3.05) is 13.1 Å². The molecule has 0 bridgehead atoms. The normalized spacial score (nSPS) is 33.9. The fraction of sp³-hybridized carbons (Fsp3) is 0.714. The lowest BCUT2D eigenvalue weighted by Crippen LogP contribution is -2.37. The molecule has 1 saturated carbocycles. The van der Waals surface area contributed by atoms with Gasteiger partial charge in [0.1, 0.15) is 11.5 Å². The van der Waals surface area contributed by atoms with Crippen LogP contribution in [0.15, 0.2) is 16.5 Å². The zero-order valence-corrected chi connectivity index (χ0v) is 10.4. The van der Waals surface area contributed by atoms with Crippen molar-refractivity contribution in [3.63, 3.8) is 0 Å². The minimum atomic E-state index is -0.151. The van der Waals surface area contributed by atoms with E-state index < -0.39 is 0 Å². The van der Waals surface area contributed by atoms with Crippen LogP contribution in [0, 0.1) is 5.92 Å². The van der Waals surface area contributed by atoms with Gasteiger partial charge in [-0.05, 0) is 43.9 Å². The minimum absolute atomic E-state index is 0.151. The molecular formula is C14H21NO2. The molecule has 94 valence electrons. The molecular weight excluding hydrogens is 214 g/mol. The van der Waals surface area contributed by atoms with E-state index in [1.54, 1.807) is 0 Å². The molecule has 3 atom stereocenters. The van der Waals surface area contributed by atoms with Crippen molar-refractivity contribution in [2.45, 2.75) is 44.8 Å². The Morgan fingerprint density at radius 2 is 2.29 bits per heavy atom. The molecule has 17 heavy (non-hydrogen) atoms. The highest BCUT2D eigenvalue weighted by atomic mass is 16.3. The summed E-state index contributed by atoms with van der Waals surface area (Å²) in [4.78, 5) is 2.28. The van der Waals surface area contributed by atoms with E-state index in [4.69, 9.17) is 4.42 Å². The maximum atomic E-state index is 9.62. The highest BCUT2D eigenvalue weighted by Crippen LogP contribution is 2.47. The first-order valence-corrected chi connectivity index (χ1v) is 6.71. The molecule has 0 spiro atoms. The first-order valence-electron chi connectivity index (χ1n) is 6.71. The molecule has 2 aliphatic rings. The first kappa shape index (κ1) is 11.3. The Bertz CT molecular complexity index is 387. The van der Waals surface area contributed by atoms with Gasteiger partial charge in [0.25, 0.3) is 0 Å². The Morgan fingerprint density at radius 1 is 1.47 bits per heavy atom. The molecule has 1 aromatic heterocycles. The van der Waals surface area contributed by atoms with Gasteiger partial charge in [0.05, 0.1) is 12.6 Å². The zero-order chi connectivity index (χ0) is 11.8. The number of likely N-dealkylation sites (tertiary alicyclic amines) is 1. The van der Waals surface area contributed by atoms with Crippen LogP contribution >= 0.6 is 0 Å². The molecule has 3 unspecified atom stereocenters. The quantitative estimate of drug-likeness (QED) is 0.873. The van der Waals surface area contributed by atoms with Gasteiger partial charge in [-0.2, -0.15) is 0 Å². The van der Waals surface area contributed by atoms with Crippen LogP contribution < -0.4 is 0 Å². The van der Waals surface area contributed by atoms with E-state index in [-0.39, 0.29) is 6.10 Å². The summed E-state index contributed by atoms with van der Waals surface area (Å²) in [7, 11) is 0. The molecule has 1 aromatic rings. The highest BCUT2D eigenvalue weighted by Gasteiger charge is 2.36. The highest BCUT2D eigenvalue weighted by molar-refractivity contribution is 5.17. The van der Waals surface area contributed by atoms with E-state index in [1.165, 1.54) is 6.42 Å². The van der Waals surface area contributed by atoms with Gasteiger partial charge >= 0.3 is 0 Å². The lowest BCUT2D eigenvalue weighted by atomic mass is 10.1. The smallest absolute Gasteiger partial charge is 0.118 e. The van der Waals surface area contributed by atoms with Crippen LogP contribution in [0.4, 0.5) is 0 Å². The van der Waals surface area contributed by atoms with Crippen LogP contribution in [0.1, 0.15) is 43.6 Å². The summed E-state index contributed by atoms with van der Waals surface area (Å²) < 4.78 is 5.89. The topological polar surface area (TPSA) is 36.6 Å². The Morgan fingerprint density at radius 3 is 3.00 bits per heavy atom. The van der Waals surface area contributed by atoms with E-state index in [1.807, 2.05) is 0 Å². The molecule has 1 saturated heterocycles. The molecule has 3 nitrogen and oxygen atoms in total. The number of furan rings is 1. The van der Waals surface area contributed by atoms with Crippen LogP contribution in [0.25, 0.3) is 0 Å². The number of hydrogen-bond donors (Lipinski definition) is 1. The first-order chi connectivity index (χ1) is 8.22. The summed E-state index contributed by atoms with van der Waals surface area (Å²) in [6.07, 6.45) is 3.16. The summed E-state index contributed by atoms with van der Waals surface area (Å²) in [6, 6.07) is 4.23. The second kappa shape index (κ2) is 4.46. The maximum Gasteiger partial charge on any atom is 0.118 e. The SMILES string of the molecule is CC1CC1c1ccc(CN2CCCC(O)C2)o1. The number of rotatable bonds is 3. The number of aliphatic hydroxyl groups is 1. The number of aliphatic hydroxyl groups excluding tert-OH is 1. The second-order valence-electron chi connectivity index (χ2n) is 5.65. The van der Waals surface area contributed by atoms with E-state index in [0.29, 0.717) is 5.92 Å². The molecule has 0 amide bonds. The number of hydrogen-bond acceptors (Lipinski definition) is 3. The molecule has 1 aliphatic heterocycles. The molecule has 0 radical (unpaired) electrons. The van der Waals surface area contributed by atoms with Gasteiger partial charge < -0.3 is 9.52 Å². The minimum Gasteiger partial charge on any atom is -0.464 e. The fourth-order valence-electron chi connectivity index (χ4n) is 2.79. The van der Waals surface area contributed by atoms with Gasteiger partial charge in [0, 0.05) is 12.5 Å². The Hall–Kier alpha value is -0.800. The lowest BCUT2D eigenvalue weighted by molar-refractivity contribution is 0.0631. The lowest BCUT2D eigenvalue weighted by Gasteiger charge is -2.29. The second-order valence-corrected chi connectivity index (χ2v) is 5.65. The van der Waals surface area contributed by atoms with Gasteiger partial charge in [-0.15, -0.1) is 0 Å². The summed E-state index contributed by atoms with van der Waals surface area (Å²) in [5.41, 5.74) is 0. The molecule has 1 aliphatic carbocycles. The molecule has 3 heteroatoms. The molecule has 0 aromatic carbocycles. The van der Waals surface area contributed by atoms with Gasteiger partial charge in [-0.25, -0.2) is 0 Å². The number of nitrogens with zero attached hydrogens (tertiary/aromatic N) is 1. The maximum absolute atomic E-state index is 9.62. The summed E-state index contributed by atoms with van der Waals surface area (Å²) in [5.74, 6) is 3.67. The van der Waals surface area contributed by atoms with E-state index >= 15 is 0 Å². The zero-order valence-electron chi connectivity index (χ0n) is 10.4. The third-order valence-electron chi connectivity index (χ3n) is 4.02. The van der Waals surface area contributed by atoms with Crippen molar-refractivity contribution in [2.24, 2.45) is 5.92 Å². The molecule has 3 rings (SSSR count). The fourth-order valence-corrected chi connectivity index (χ4v) is 2.79. The van der Waals surface area contributed by atoms with Crippen molar-refractivity contribution >= 4 is 0 Å².